The summed E-state index contributed by atoms with van der Waals surface area (Å²) in [7, 11) is 3.07. The first-order chi connectivity index (χ1) is 13.0. The number of nitrogens with one attached hydrogen (secondary N) is 2. The zero-order valence-electron chi connectivity index (χ0n) is 16.1. The lowest BCUT2D eigenvalue weighted by molar-refractivity contribution is -0.905. The summed E-state index contributed by atoms with van der Waals surface area (Å²) in [6.45, 7) is 5.39. The van der Waals surface area contributed by atoms with Crippen LogP contribution in [0.5, 0.6) is 11.5 Å². The topological polar surface area (TPSA) is 89.0 Å². The van der Waals surface area contributed by atoms with Gasteiger partial charge in [0.15, 0.2) is 23.9 Å². The standard InChI is InChI=1S/C19H26N4O4/c1-4-22(12-18(24)23-7-5-6-8-23)11-17-20-14-10-16(27-3)15(26-2)9-13(14)19(25)21-17/h9-10H,4-8,11-12H2,1-3H3,(H,20,21,25)/p+1. The zero-order chi connectivity index (χ0) is 19.4. The summed E-state index contributed by atoms with van der Waals surface area (Å²) >= 11 is 0. The zero-order valence-corrected chi connectivity index (χ0v) is 16.1. The lowest BCUT2D eigenvalue weighted by atomic mass is 10.2. The molecule has 8 heteroatoms. The molecule has 1 aliphatic rings. The molecule has 8 nitrogen and oxygen atoms in total. The first-order valence-electron chi connectivity index (χ1n) is 9.32. The predicted octanol–water partition coefficient (Wildman–Crippen LogP) is -0.0325. The van der Waals surface area contributed by atoms with Crippen molar-refractivity contribution < 1.29 is 19.2 Å². The molecule has 1 fully saturated rings. The molecule has 2 heterocycles. The van der Waals surface area contributed by atoms with Crippen LogP contribution in [0.2, 0.25) is 0 Å². The molecule has 2 aromatic rings. The summed E-state index contributed by atoms with van der Waals surface area (Å²) in [5.41, 5.74) is 0.324. The van der Waals surface area contributed by atoms with Crippen LogP contribution in [0.15, 0.2) is 16.9 Å². The molecule has 1 saturated heterocycles. The molecule has 0 saturated carbocycles. The number of nitrogens with zero attached hydrogens (tertiary/aromatic N) is 2. The third kappa shape index (κ3) is 4.21. The van der Waals surface area contributed by atoms with Gasteiger partial charge in [-0.25, -0.2) is 4.98 Å². The van der Waals surface area contributed by atoms with Gasteiger partial charge >= 0.3 is 0 Å². The van der Waals surface area contributed by atoms with Crippen LogP contribution in [-0.4, -0.2) is 61.2 Å². The number of carbonyl (C=O) groups excluding carboxylic acids is 1. The number of amides is 1. The van der Waals surface area contributed by atoms with Crippen molar-refractivity contribution in [2.75, 3.05) is 40.4 Å². The average molecular weight is 375 g/mol. The van der Waals surface area contributed by atoms with Gasteiger partial charge in [-0.1, -0.05) is 0 Å². The summed E-state index contributed by atoms with van der Waals surface area (Å²) in [5, 5.41) is 0.447. The molecule has 1 aromatic heterocycles. The number of fused-ring (bicyclic) bond motifs is 1. The smallest absolute Gasteiger partial charge is 0.277 e. The van der Waals surface area contributed by atoms with Gasteiger partial charge in [0.25, 0.3) is 11.5 Å². The van der Waals surface area contributed by atoms with Crippen molar-refractivity contribution in [1.29, 1.82) is 0 Å². The largest absolute Gasteiger partial charge is 0.493 e. The van der Waals surface area contributed by atoms with E-state index in [0.717, 1.165) is 37.4 Å². The highest BCUT2D eigenvalue weighted by Crippen LogP contribution is 2.29. The number of likely N-dealkylation sites (tertiary alicyclic amines) is 1. The first-order valence-corrected chi connectivity index (χ1v) is 9.32. The number of aromatic nitrogens is 2. The van der Waals surface area contributed by atoms with Gasteiger partial charge in [-0.3, -0.25) is 9.59 Å². The predicted molar refractivity (Wildman–Crippen MR) is 101 cm³/mol. The maximum absolute atomic E-state index is 12.5. The van der Waals surface area contributed by atoms with Gasteiger partial charge < -0.3 is 24.3 Å². The van der Waals surface area contributed by atoms with E-state index in [2.05, 4.69) is 9.97 Å². The molecule has 146 valence electrons. The quantitative estimate of drug-likeness (QED) is 0.709. The Balaban J connectivity index is 1.82. The van der Waals surface area contributed by atoms with Gasteiger partial charge in [-0.15, -0.1) is 0 Å². The number of rotatable bonds is 7. The van der Waals surface area contributed by atoms with Crippen molar-refractivity contribution in [3.05, 3.63) is 28.3 Å². The number of benzene rings is 1. The Hall–Kier alpha value is -2.61. The van der Waals surface area contributed by atoms with Crippen LogP contribution in [0, 0.1) is 0 Å². The summed E-state index contributed by atoms with van der Waals surface area (Å²) in [4.78, 5) is 35.3. The Morgan fingerprint density at radius 3 is 2.52 bits per heavy atom. The van der Waals surface area contributed by atoms with E-state index >= 15 is 0 Å². The normalized spacial score (nSPS) is 15.1. The van der Waals surface area contributed by atoms with Crippen molar-refractivity contribution in [2.45, 2.75) is 26.3 Å². The molecule has 1 unspecified atom stereocenters. The second-order valence-corrected chi connectivity index (χ2v) is 6.78. The van der Waals surface area contributed by atoms with Crippen LogP contribution >= 0.6 is 0 Å². The lowest BCUT2D eigenvalue weighted by Crippen LogP contribution is -3.11. The highest BCUT2D eigenvalue weighted by atomic mass is 16.5. The third-order valence-electron chi connectivity index (χ3n) is 5.04. The molecular weight excluding hydrogens is 348 g/mol. The van der Waals surface area contributed by atoms with E-state index in [-0.39, 0.29) is 11.5 Å². The fourth-order valence-electron chi connectivity index (χ4n) is 3.44. The minimum absolute atomic E-state index is 0.166. The van der Waals surface area contributed by atoms with Gasteiger partial charge in [-0.05, 0) is 25.8 Å². The lowest BCUT2D eigenvalue weighted by Gasteiger charge is -2.21. The Morgan fingerprint density at radius 2 is 1.89 bits per heavy atom. The van der Waals surface area contributed by atoms with Gasteiger partial charge in [0.2, 0.25) is 0 Å². The molecule has 0 aliphatic carbocycles. The molecule has 27 heavy (non-hydrogen) atoms. The Bertz CT molecular complexity index is 874. The van der Waals surface area contributed by atoms with Crippen LogP contribution in [-0.2, 0) is 11.3 Å². The van der Waals surface area contributed by atoms with E-state index in [1.165, 1.54) is 7.11 Å². The number of likely N-dealkylation sites (N-methyl/N-ethyl adjacent to an activating group) is 1. The van der Waals surface area contributed by atoms with Crippen molar-refractivity contribution >= 4 is 16.8 Å². The molecule has 3 rings (SSSR count). The summed E-state index contributed by atoms with van der Waals surface area (Å²) in [6.07, 6.45) is 2.16. The second kappa shape index (κ2) is 8.39. The SMILES string of the molecule is CC[NH+](CC(=O)N1CCCC1)Cc1nc2cc(OC)c(OC)cc2c(=O)[nH]1. The molecule has 1 atom stereocenters. The number of methoxy groups -OCH3 is 2. The highest BCUT2D eigenvalue weighted by molar-refractivity contribution is 5.81. The van der Waals surface area contributed by atoms with Crippen LogP contribution in [0.25, 0.3) is 10.9 Å². The van der Waals surface area contributed by atoms with Gasteiger partial charge in [0, 0.05) is 19.2 Å². The number of quaternary nitrogens is 1. The number of H-pyrrole nitrogens is 1. The number of aromatic amines is 1. The minimum atomic E-state index is -0.225. The molecule has 2 N–H and O–H groups in total. The Kier molecular flexibility index (Phi) is 5.95. The van der Waals surface area contributed by atoms with E-state index in [4.69, 9.17) is 9.47 Å². The third-order valence-corrected chi connectivity index (χ3v) is 5.04. The van der Waals surface area contributed by atoms with Crippen LogP contribution in [0.3, 0.4) is 0 Å². The molecule has 0 bridgehead atoms. The van der Waals surface area contributed by atoms with Crippen LogP contribution < -0.4 is 19.9 Å². The minimum Gasteiger partial charge on any atom is -0.493 e. The maximum atomic E-state index is 12.5. The first kappa shape index (κ1) is 19.2. The molecule has 0 radical (unpaired) electrons. The fourth-order valence-corrected chi connectivity index (χ4v) is 3.44. The van der Waals surface area contributed by atoms with Crippen molar-refractivity contribution in [2.24, 2.45) is 0 Å². The monoisotopic (exact) mass is 375 g/mol. The number of hydrogen-bond donors (Lipinski definition) is 2. The number of hydrogen-bond acceptors (Lipinski definition) is 5. The molecular formula is C19H27N4O4+. The van der Waals surface area contributed by atoms with Crippen LogP contribution in [0.4, 0.5) is 0 Å². The van der Waals surface area contributed by atoms with Crippen LogP contribution in [0.1, 0.15) is 25.6 Å². The summed E-state index contributed by atoms with van der Waals surface area (Å²) in [5.74, 6) is 1.74. The molecule has 1 amide bonds. The maximum Gasteiger partial charge on any atom is 0.277 e. The van der Waals surface area contributed by atoms with Gasteiger partial charge in [0.1, 0.15) is 6.54 Å². The summed E-state index contributed by atoms with van der Waals surface area (Å²) in [6, 6.07) is 3.33. The highest BCUT2D eigenvalue weighted by Gasteiger charge is 2.23. The Labute approximate surface area is 158 Å². The van der Waals surface area contributed by atoms with E-state index in [9.17, 15) is 9.59 Å². The number of ether oxygens (including phenoxy) is 2. The number of carbonyl (C=O) groups is 1. The van der Waals surface area contributed by atoms with E-state index in [1.807, 2.05) is 11.8 Å². The van der Waals surface area contributed by atoms with Gasteiger partial charge in [-0.2, -0.15) is 0 Å². The van der Waals surface area contributed by atoms with Crippen molar-refractivity contribution in [3.63, 3.8) is 0 Å². The molecule has 1 aromatic carbocycles. The summed E-state index contributed by atoms with van der Waals surface area (Å²) < 4.78 is 10.6. The van der Waals surface area contributed by atoms with Crippen molar-refractivity contribution in [1.82, 2.24) is 14.9 Å². The average Bonchev–Trinajstić information content (AvgIpc) is 3.21. The van der Waals surface area contributed by atoms with E-state index in [1.54, 1.807) is 19.2 Å². The van der Waals surface area contributed by atoms with E-state index < -0.39 is 0 Å². The molecule has 0 spiro atoms. The second-order valence-electron chi connectivity index (χ2n) is 6.78. The fraction of sp³-hybridized carbons (Fsp3) is 0.526. The molecule has 1 aliphatic heterocycles. The van der Waals surface area contributed by atoms with E-state index in [0.29, 0.717) is 41.3 Å². The Morgan fingerprint density at radius 1 is 1.22 bits per heavy atom. The van der Waals surface area contributed by atoms with Crippen molar-refractivity contribution in [3.8, 4) is 11.5 Å². The van der Waals surface area contributed by atoms with Gasteiger partial charge in [0.05, 0.1) is 31.7 Å².